The molecule has 0 unspecified atom stereocenters. The van der Waals surface area contributed by atoms with Crippen molar-refractivity contribution in [3.8, 4) is 11.5 Å². The van der Waals surface area contributed by atoms with Crippen LogP contribution in [0.4, 0.5) is 0 Å². The average molecular weight is 542 g/mol. The Morgan fingerprint density at radius 1 is 1.10 bits per heavy atom. The number of fused-ring (bicyclic) bond motifs is 1. The predicted octanol–water partition coefficient (Wildman–Crippen LogP) is 3.33. The molecule has 0 spiro atoms. The zero-order chi connectivity index (χ0) is 21.2. The summed E-state index contributed by atoms with van der Waals surface area (Å²) in [4.78, 5) is 4.70. The molecule has 1 aliphatic rings. The van der Waals surface area contributed by atoms with E-state index in [0.29, 0.717) is 6.54 Å². The number of ether oxygens (including phenoxy) is 2. The molecule has 0 amide bonds. The van der Waals surface area contributed by atoms with Gasteiger partial charge in [0.05, 0.1) is 20.8 Å². The number of nitrogens with zero attached hydrogens (tertiary/aromatic N) is 4. The largest absolute Gasteiger partial charge is 0.493 e. The third-order valence-corrected chi connectivity index (χ3v) is 5.27. The summed E-state index contributed by atoms with van der Waals surface area (Å²) in [6, 6.07) is 5.87. The predicted molar refractivity (Wildman–Crippen MR) is 134 cm³/mol. The van der Waals surface area contributed by atoms with Crippen LogP contribution in [-0.4, -0.2) is 48.0 Å². The van der Waals surface area contributed by atoms with E-state index in [1.54, 1.807) is 14.2 Å². The summed E-state index contributed by atoms with van der Waals surface area (Å²) in [7, 11) is 3.28. The zero-order valence-electron chi connectivity index (χ0n) is 18.8. The van der Waals surface area contributed by atoms with Crippen LogP contribution >= 0.6 is 24.0 Å². The van der Waals surface area contributed by atoms with Gasteiger partial charge in [-0.1, -0.05) is 12.5 Å². The fourth-order valence-electron chi connectivity index (χ4n) is 3.67. The van der Waals surface area contributed by atoms with Crippen molar-refractivity contribution in [2.45, 2.75) is 58.5 Å². The SMILES string of the molecule is CCNC(=NCc1ccc(OC)c(OC)c1)NCCCc1nnc2n1CCCCC2.I. The minimum atomic E-state index is 0. The topological polar surface area (TPSA) is 85.6 Å². The van der Waals surface area contributed by atoms with Gasteiger partial charge in [-0.05, 0) is 43.9 Å². The van der Waals surface area contributed by atoms with E-state index in [-0.39, 0.29) is 24.0 Å². The van der Waals surface area contributed by atoms with Gasteiger partial charge in [0, 0.05) is 32.5 Å². The summed E-state index contributed by atoms with van der Waals surface area (Å²) in [5.74, 6) is 4.52. The molecule has 0 radical (unpaired) electrons. The Balaban J connectivity index is 0.00000341. The van der Waals surface area contributed by atoms with Gasteiger partial charge < -0.3 is 24.7 Å². The lowest BCUT2D eigenvalue weighted by Crippen LogP contribution is -2.37. The highest BCUT2D eigenvalue weighted by Gasteiger charge is 2.14. The molecule has 8 nitrogen and oxygen atoms in total. The quantitative estimate of drug-likeness (QED) is 0.219. The van der Waals surface area contributed by atoms with E-state index in [0.717, 1.165) is 73.6 Å². The number of hydrogen-bond acceptors (Lipinski definition) is 5. The van der Waals surface area contributed by atoms with Gasteiger partial charge in [-0.3, -0.25) is 0 Å². The van der Waals surface area contributed by atoms with Gasteiger partial charge in [-0.25, -0.2) is 4.99 Å². The van der Waals surface area contributed by atoms with Crippen molar-refractivity contribution in [2.75, 3.05) is 27.3 Å². The van der Waals surface area contributed by atoms with Crippen LogP contribution in [0.25, 0.3) is 0 Å². The third kappa shape index (κ3) is 7.26. The van der Waals surface area contributed by atoms with Crippen LogP contribution in [0.1, 0.15) is 49.8 Å². The van der Waals surface area contributed by atoms with Gasteiger partial charge in [0.15, 0.2) is 17.5 Å². The fourth-order valence-corrected chi connectivity index (χ4v) is 3.67. The first kappa shape index (κ1) is 25.2. The van der Waals surface area contributed by atoms with Crippen LogP contribution in [0, 0.1) is 0 Å². The maximum absolute atomic E-state index is 5.38. The molecule has 0 fully saturated rings. The molecule has 0 bridgehead atoms. The van der Waals surface area contributed by atoms with Crippen LogP contribution in [0.15, 0.2) is 23.2 Å². The molecule has 2 aromatic rings. The van der Waals surface area contributed by atoms with Crippen molar-refractivity contribution in [1.82, 2.24) is 25.4 Å². The molecule has 31 heavy (non-hydrogen) atoms. The second kappa shape index (κ2) is 13.4. The number of rotatable bonds is 9. The molecule has 0 saturated carbocycles. The molecule has 1 aromatic carbocycles. The molecular weight excluding hydrogens is 507 g/mol. The first-order valence-corrected chi connectivity index (χ1v) is 10.9. The Kier molecular flexibility index (Phi) is 10.9. The highest BCUT2D eigenvalue weighted by Crippen LogP contribution is 2.27. The van der Waals surface area contributed by atoms with Crippen molar-refractivity contribution in [3.05, 3.63) is 35.4 Å². The Labute approximate surface area is 202 Å². The van der Waals surface area contributed by atoms with Crippen molar-refractivity contribution < 1.29 is 9.47 Å². The molecule has 2 N–H and O–H groups in total. The Hall–Kier alpha value is -2.04. The number of benzene rings is 1. The Bertz CT molecular complexity index is 839. The smallest absolute Gasteiger partial charge is 0.191 e. The number of aliphatic imine (C=N–C) groups is 1. The maximum Gasteiger partial charge on any atom is 0.191 e. The number of nitrogens with one attached hydrogen (secondary N) is 2. The van der Waals surface area contributed by atoms with Crippen LogP contribution in [0.2, 0.25) is 0 Å². The lowest BCUT2D eigenvalue weighted by molar-refractivity contribution is 0.354. The van der Waals surface area contributed by atoms with E-state index >= 15 is 0 Å². The molecule has 3 rings (SSSR count). The van der Waals surface area contributed by atoms with E-state index in [1.807, 2.05) is 18.2 Å². The summed E-state index contributed by atoms with van der Waals surface area (Å²) in [6.45, 7) is 5.34. The van der Waals surface area contributed by atoms with Crippen LogP contribution in [-0.2, 0) is 25.9 Å². The van der Waals surface area contributed by atoms with E-state index in [2.05, 4.69) is 32.3 Å². The van der Waals surface area contributed by atoms with Crippen molar-refractivity contribution in [3.63, 3.8) is 0 Å². The lowest BCUT2D eigenvalue weighted by atomic mass is 10.2. The van der Waals surface area contributed by atoms with Gasteiger partial charge >= 0.3 is 0 Å². The molecule has 172 valence electrons. The van der Waals surface area contributed by atoms with Crippen molar-refractivity contribution in [2.24, 2.45) is 4.99 Å². The van der Waals surface area contributed by atoms with E-state index in [1.165, 1.54) is 19.3 Å². The molecular formula is C22H35IN6O2. The monoisotopic (exact) mass is 542 g/mol. The highest BCUT2D eigenvalue weighted by molar-refractivity contribution is 14.0. The Morgan fingerprint density at radius 2 is 1.94 bits per heavy atom. The molecule has 2 heterocycles. The van der Waals surface area contributed by atoms with Gasteiger partial charge in [-0.2, -0.15) is 0 Å². The molecule has 9 heteroatoms. The third-order valence-electron chi connectivity index (χ3n) is 5.27. The molecule has 1 aliphatic heterocycles. The van der Waals surface area contributed by atoms with E-state index < -0.39 is 0 Å². The van der Waals surface area contributed by atoms with Crippen LogP contribution in [0.5, 0.6) is 11.5 Å². The molecule has 1 aromatic heterocycles. The zero-order valence-corrected chi connectivity index (χ0v) is 21.1. The minimum absolute atomic E-state index is 0. The Morgan fingerprint density at radius 3 is 2.71 bits per heavy atom. The molecule has 0 saturated heterocycles. The first-order valence-electron chi connectivity index (χ1n) is 10.9. The van der Waals surface area contributed by atoms with Crippen LogP contribution in [0.3, 0.4) is 0 Å². The summed E-state index contributed by atoms with van der Waals surface area (Å²) in [5.41, 5.74) is 1.07. The number of guanidine groups is 1. The highest BCUT2D eigenvalue weighted by atomic mass is 127. The number of hydrogen-bond donors (Lipinski definition) is 2. The van der Waals surface area contributed by atoms with E-state index in [9.17, 15) is 0 Å². The summed E-state index contributed by atoms with van der Waals surface area (Å²) < 4.78 is 13.0. The van der Waals surface area contributed by atoms with Gasteiger partial charge in [0.1, 0.15) is 11.6 Å². The standard InChI is InChI=1S/C22H34N6O2.HI/c1-4-23-22(25-16-17-11-12-18(29-2)19(15-17)30-3)24-13-8-10-21-27-26-20-9-6-5-7-14-28(20)21;/h11-12,15H,4-10,13-14,16H2,1-3H3,(H2,23,24,25);1H. The van der Waals surface area contributed by atoms with E-state index in [4.69, 9.17) is 14.5 Å². The second-order valence-electron chi connectivity index (χ2n) is 7.41. The van der Waals surface area contributed by atoms with Gasteiger partial charge in [-0.15, -0.1) is 34.2 Å². The van der Waals surface area contributed by atoms with Crippen molar-refractivity contribution >= 4 is 29.9 Å². The average Bonchev–Trinajstić information content (AvgIpc) is 3.00. The first-order chi connectivity index (χ1) is 14.7. The molecule has 0 atom stereocenters. The normalized spacial score (nSPS) is 13.6. The maximum atomic E-state index is 5.38. The summed E-state index contributed by atoms with van der Waals surface area (Å²) >= 11 is 0. The number of halogens is 1. The fraction of sp³-hybridized carbons (Fsp3) is 0.591. The second-order valence-corrected chi connectivity index (χ2v) is 7.41. The summed E-state index contributed by atoms with van der Waals surface area (Å²) in [5, 5.41) is 15.5. The van der Waals surface area contributed by atoms with Crippen LogP contribution < -0.4 is 20.1 Å². The number of methoxy groups -OCH3 is 2. The van der Waals surface area contributed by atoms with Gasteiger partial charge in [0.25, 0.3) is 0 Å². The minimum Gasteiger partial charge on any atom is -0.493 e. The summed E-state index contributed by atoms with van der Waals surface area (Å²) in [6.07, 6.45) is 6.70. The number of aromatic nitrogens is 3. The number of aryl methyl sites for hydroxylation is 2. The van der Waals surface area contributed by atoms with Crippen molar-refractivity contribution in [1.29, 1.82) is 0 Å². The lowest BCUT2D eigenvalue weighted by Gasteiger charge is -2.12. The van der Waals surface area contributed by atoms with Gasteiger partial charge in [0.2, 0.25) is 0 Å². The molecule has 0 aliphatic carbocycles.